The van der Waals surface area contributed by atoms with Gasteiger partial charge in [0.25, 0.3) is 0 Å². The molecule has 0 aliphatic heterocycles. The fraction of sp³-hybridized carbons (Fsp3) is 0. The van der Waals surface area contributed by atoms with Crippen LogP contribution in [-0.2, 0) is 26.2 Å². The van der Waals surface area contributed by atoms with Crippen molar-refractivity contribution in [3.05, 3.63) is 59.2 Å². The van der Waals surface area contributed by atoms with Gasteiger partial charge in [0.2, 0.25) is 11.6 Å². The minimum Gasteiger partial charge on any atom is -1.00 e. The van der Waals surface area contributed by atoms with Crippen LogP contribution in [0.4, 0.5) is 26.3 Å². The van der Waals surface area contributed by atoms with Crippen molar-refractivity contribution in [2.75, 3.05) is 0 Å². The maximum absolute atomic E-state index is 12.1. The quantitative estimate of drug-likeness (QED) is 0.342. The maximum atomic E-state index is 12.1. The number of benzene rings is 2. The van der Waals surface area contributed by atoms with E-state index in [4.69, 9.17) is 10.2 Å². The zero-order valence-electron chi connectivity index (χ0n) is 10.7. The number of aromatic hydroxyl groups is 2. The Morgan fingerprint density at radius 3 is 1.00 bits per heavy atom. The van der Waals surface area contributed by atoms with Crippen molar-refractivity contribution >= 4 is 0 Å². The van der Waals surface area contributed by atoms with Crippen molar-refractivity contribution in [2.45, 2.75) is 0 Å². The predicted octanol–water partition coefficient (Wildman–Crippen LogP) is -2.38. The van der Waals surface area contributed by atoms with Crippen molar-refractivity contribution in [1.82, 2.24) is 0 Å². The van der Waals surface area contributed by atoms with Gasteiger partial charge in [-0.3, -0.25) is 0 Å². The van der Waals surface area contributed by atoms with Gasteiger partial charge in [-0.15, -0.1) is 0 Å². The average molecular weight is 458 g/mol. The Balaban J connectivity index is -0.000000308. The molecule has 2 aromatic rings. The monoisotopic (exact) mass is 456 g/mol. The minimum atomic E-state index is -1.65. The fourth-order valence-corrected chi connectivity index (χ4v) is 1.03. The Kier molecular flexibility index (Phi) is 13.6. The van der Waals surface area contributed by atoms with Gasteiger partial charge in [-0.1, -0.05) is 0 Å². The summed E-state index contributed by atoms with van der Waals surface area (Å²) >= 11 is 0. The Labute approximate surface area is 158 Å². The number of phenols is 2. The molecule has 0 radical (unpaired) electrons. The number of rotatable bonds is 0. The summed E-state index contributed by atoms with van der Waals surface area (Å²) in [6, 6.07) is 2.78. The molecule has 2 aromatic carbocycles. The molecule has 23 heavy (non-hydrogen) atoms. The summed E-state index contributed by atoms with van der Waals surface area (Å²) in [6.45, 7) is 0. The Morgan fingerprint density at radius 1 is 0.522 bits per heavy atom. The second-order valence-electron chi connectivity index (χ2n) is 3.39. The van der Waals surface area contributed by atoms with E-state index < -0.39 is 46.4 Å². The van der Waals surface area contributed by atoms with E-state index in [9.17, 15) is 26.3 Å². The summed E-state index contributed by atoms with van der Waals surface area (Å²) in [7, 11) is 0. The van der Waals surface area contributed by atoms with E-state index in [0.717, 1.165) is 12.1 Å². The van der Waals surface area contributed by atoms with Crippen LogP contribution in [0.5, 0.6) is 11.5 Å². The van der Waals surface area contributed by atoms with E-state index >= 15 is 0 Å². The molecule has 0 spiro atoms. The molecule has 0 heterocycles. The van der Waals surface area contributed by atoms with Gasteiger partial charge in [0.1, 0.15) is 0 Å². The van der Waals surface area contributed by atoms with Crippen molar-refractivity contribution in [3.8, 4) is 11.5 Å². The molecule has 2 nitrogen and oxygen atoms in total. The summed E-state index contributed by atoms with van der Waals surface area (Å²) in [6.07, 6.45) is 0. The molecule has 0 atom stereocenters. The summed E-state index contributed by atoms with van der Waals surface area (Å²) in [5.41, 5.74) is 0. The third kappa shape index (κ3) is 7.01. The molecule has 0 fully saturated rings. The Morgan fingerprint density at radius 2 is 0.783 bits per heavy atom. The van der Waals surface area contributed by atoms with Crippen molar-refractivity contribution in [1.29, 1.82) is 0 Å². The largest absolute Gasteiger partial charge is 2.00 e. The first-order chi connectivity index (χ1) is 9.25. The molecular formula is C12H6Cl2F6O2Zr. The zero-order valence-corrected chi connectivity index (χ0v) is 14.7. The molecule has 2 rings (SSSR count). The van der Waals surface area contributed by atoms with E-state index in [1.54, 1.807) is 0 Å². The third-order valence-electron chi connectivity index (χ3n) is 2.03. The van der Waals surface area contributed by atoms with Crippen LogP contribution in [0.2, 0.25) is 0 Å². The molecular weight excluding hydrogens is 452 g/mol. The van der Waals surface area contributed by atoms with Gasteiger partial charge >= 0.3 is 26.2 Å². The van der Waals surface area contributed by atoms with Crippen LogP contribution >= 0.6 is 0 Å². The summed E-state index contributed by atoms with van der Waals surface area (Å²) in [5.74, 6) is -10.8. The van der Waals surface area contributed by atoms with Crippen molar-refractivity contribution < 1.29 is 87.6 Å². The summed E-state index contributed by atoms with van der Waals surface area (Å²) < 4.78 is 72.5. The SMILES string of the molecule is Oc1ccc(F)c(F)c1F.Oc1ccc(F)c(F)c1F.[Cl-].[Cl-].[Zr+2]. The number of hydrogen-bond donors (Lipinski definition) is 2. The first kappa shape index (κ1) is 27.0. The van der Waals surface area contributed by atoms with E-state index in [-0.39, 0.29) is 51.0 Å². The molecule has 11 heteroatoms. The van der Waals surface area contributed by atoms with Gasteiger partial charge in [0.05, 0.1) is 0 Å². The van der Waals surface area contributed by atoms with Crippen molar-refractivity contribution in [3.63, 3.8) is 0 Å². The molecule has 0 saturated heterocycles. The van der Waals surface area contributed by atoms with E-state index in [1.807, 2.05) is 0 Å². The topological polar surface area (TPSA) is 40.5 Å². The van der Waals surface area contributed by atoms with Crippen LogP contribution in [0.15, 0.2) is 24.3 Å². The second kappa shape index (κ2) is 11.6. The van der Waals surface area contributed by atoms with E-state index in [1.165, 1.54) is 0 Å². The Bertz CT molecular complexity index is 536. The van der Waals surface area contributed by atoms with Crippen LogP contribution in [0.25, 0.3) is 0 Å². The number of phenolic OH excluding ortho intramolecular Hbond substituents is 2. The fourth-order valence-electron chi connectivity index (χ4n) is 1.03. The first-order valence-electron chi connectivity index (χ1n) is 4.90. The third-order valence-corrected chi connectivity index (χ3v) is 2.03. The van der Waals surface area contributed by atoms with Gasteiger partial charge in [-0.2, -0.15) is 8.78 Å². The molecule has 0 aromatic heterocycles. The minimum absolute atomic E-state index is 0. The van der Waals surface area contributed by atoms with Gasteiger partial charge in [-0.25, -0.2) is 17.6 Å². The smallest absolute Gasteiger partial charge is 1.00 e. The first-order valence-corrected chi connectivity index (χ1v) is 4.90. The van der Waals surface area contributed by atoms with E-state index in [0.29, 0.717) is 12.1 Å². The van der Waals surface area contributed by atoms with Crippen LogP contribution in [0.3, 0.4) is 0 Å². The zero-order chi connectivity index (χ0) is 15.4. The van der Waals surface area contributed by atoms with Crippen molar-refractivity contribution in [2.24, 2.45) is 0 Å². The van der Waals surface area contributed by atoms with Crippen LogP contribution < -0.4 is 24.8 Å². The molecule has 2 N–H and O–H groups in total. The molecule has 126 valence electrons. The number of halogens is 8. The molecule has 0 unspecified atom stereocenters. The molecule has 0 saturated carbocycles. The molecule has 0 aliphatic carbocycles. The maximum Gasteiger partial charge on any atom is 2.00 e. The van der Waals surface area contributed by atoms with Gasteiger partial charge in [0.15, 0.2) is 34.8 Å². The van der Waals surface area contributed by atoms with Crippen LogP contribution in [0.1, 0.15) is 0 Å². The summed E-state index contributed by atoms with van der Waals surface area (Å²) in [5, 5.41) is 16.9. The molecule has 0 amide bonds. The van der Waals surface area contributed by atoms with Gasteiger partial charge < -0.3 is 35.0 Å². The standard InChI is InChI=1S/2C6H3F3O.2ClH.Zr/c2*7-3-1-2-4(10)6(9)5(3)8;;;/h2*1-2,10H;2*1H;/q;;;;+2/p-2. The predicted molar refractivity (Wildman–Crippen MR) is 56.0 cm³/mol. The Hall–Kier alpha value is -0.917. The van der Waals surface area contributed by atoms with Crippen LogP contribution in [-0.4, -0.2) is 10.2 Å². The molecule has 0 bridgehead atoms. The van der Waals surface area contributed by atoms with E-state index in [2.05, 4.69) is 0 Å². The van der Waals surface area contributed by atoms with Crippen LogP contribution in [0, 0.1) is 34.9 Å². The second-order valence-corrected chi connectivity index (χ2v) is 3.39. The van der Waals surface area contributed by atoms with Gasteiger partial charge in [0, 0.05) is 0 Å². The normalized spacial score (nSPS) is 8.61. The average Bonchev–Trinajstić information content (AvgIpc) is 2.43. The summed E-state index contributed by atoms with van der Waals surface area (Å²) in [4.78, 5) is 0. The van der Waals surface area contributed by atoms with Gasteiger partial charge in [-0.05, 0) is 24.3 Å². The number of hydrogen-bond acceptors (Lipinski definition) is 2. The molecule has 0 aliphatic rings.